The molecule has 0 saturated carbocycles. The minimum atomic E-state index is -0.880. The lowest BCUT2D eigenvalue weighted by molar-refractivity contribution is 0.183. The van der Waals surface area contributed by atoms with E-state index in [9.17, 15) is 4.79 Å². The number of hydrogen-bond acceptors (Lipinski definition) is 10. The van der Waals surface area contributed by atoms with Gasteiger partial charge in [0, 0.05) is 24.1 Å². The number of aromatic nitrogens is 2. The Morgan fingerprint density at radius 3 is 2.57 bits per heavy atom. The number of carbonyl (C=O) groups is 1. The van der Waals surface area contributed by atoms with E-state index in [1.807, 2.05) is 0 Å². The Labute approximate surface area is 204 Å². The van der Waals surface area contributed by atoms with Crippen molar-refractivity contribution in [2.45, 2.75) is 6.92 Å². The monoisotopic (exact) mass is 497 g/mol. The Morgan fingerprint density at radius 2 is 2.00 bits per heavy atom. The first-order valence-corrected chi connectivity index (χ1v) is 11.2. The summed E-state index contributed by atoms with van der Waals surface area (Å²) in [6, 6.07) is 11.3. The summed E-state index contributed by atoms with van der Waals surface area (Å²) in [7, 11) is 2.58. The van der Waals surface area contributed by atoms with Crippen molar-refractivity contribution in [1.82, 2.24) is 10.1 Å². The molecule has 1 amide bonds. The first kappa shape index (κ1) is 25.4. The number of thioether (sulfide) groups is 1. The van der Waals surface area contributed by atoms with E-state index in [-0.39, 0.29) is 34.4 Å². The number of rotatable bonds is 7. The van der Waals surface area contributed by atoms with Gasteiger partial charge in [-0.2, -0.15) is 15.2 Å². The van der Waals surface area contributed by atoms with E-state index in [1.54, 1.807) is 43.5 Å². The molecule has 0 bridgehead atoms. The number of carbonyl (C=O) groups excluding carboxylic acids is 1. The summed E-state index contributed by atoms with van der Waals surface area (Å²) >= 11 is 1.07. The molecule has 35 heavy (non-hydrogen) atoms. The molecule has 3 aromatic rings. The average molecular weight is 498 g/mol. The highest BCUT2D eigenvalue weighted by Crippen LogP contribution is 2.31. The molecule has 12 heteroatoms. The minimum Gasteiger partial charge on any atom is -0.497 e. The number of halogens is 1. The predicted octanol–water partition coefficient (Wildman–Crippen LogP) is 4.74. The van der Waals surface area contributed by atoms with Crippen LogP contribution in [0.15, 0.2) is 50.9 Å². The van der Waals surface area contributed by atoms with Crippen LogP contribution in [0.3, 0.4) is 0 Å². The molecule has 0 saturated heterocycles. The molecule has 180 valence electrons. The van der Waals surface area contributed by atoms with Gasteiger partial charge in [-0.1, -0.05) is 5.16 Å². The Hall–Kier alpha value is -4.24. The molecule has 0 atom stereocenters. The summed E-state index contributed by atoms with van der Waals surface area (Å²) in [6.07, 6.45) is 0.776. The third kappa shape index (κ3) is 6.21. The maximum atomic E-state index is 15.5. The van der Waals surface area contributed by atoms with Crippen LogP contribution in [0.5, 0.6) is 11.5 Å². The lowest BCUT2D eigenvalue weighted by Crippen LogP contribution is -2.17. The van der Waals surface area contributed by atoms with Gasteiger partial charge in [0.25, 0.3) is 0 Å². The van der Waals surface area contributed by atoms with Gasteiger partial charge in [-0.15, -0.1) is 11.8 Å². The number of nitriles is 1. The van der Waals surface area contributed by atoms with Crippen LogP contribution in [0.1, 0.15) is 11.5 Å². The molecule has 0 aliphatic rings. The summed E-state index contributed by atoms with van der Waals surface area (Å²) in [6.45, 7) is 1.31. The average Bonchev–Trinajstić information content (AvgIpc) is 3.32. The highest BCUT2D eigenvalue weighted by atomic mass is 32.2. The Morgan fingerprint density at radius 1 is 1.26 bits per heavy atom. The van der Waals surface area contributed by atoms with Gasteiger partial charge in [0.2, 0.25) is 11.7 Å². The van der Waals surface area contributed by atoms with Crippen molar-refractivity contribution < 1.29 is 27.9 Å². The number of amides is 1. The largest absolute Gasteiger partial charge is 0.497 e. The number of hydrogen-bond donors (Lipinski definition) is 0. The highest BCUT2D eigenvalue weighted by molar-refractivity contribution is 8.15. The van der Waals surface area contributed by atoms with Crippen LogP contribution in [0.2, 0.25) is 0 Å². The van der Waals surface area contributed by atoms with Gasteiger partial charge in [-0.3, -0.25) is 0 Å². The Bertz CT molecular complexity index is 1310. The van der Waals surface area contributed by atoms with Crippen molar-refractivity contribution in [1.29, 1.82) is 5.26 Å². The summed E-state index contributed by atoms with van der Waals surface area (Å²) in [4.78, 5) is 24.5. The van der Waals surface area contributed by atoms with E-state index in [2.05, 4.69) is 24.9 Å². The van der Waals surface area contributed by atoms with E-state index >= 15 is 4.39 Å². The fourth-order valence-electron chi connectivity index (χ4n) is 2.86. The molecule has 3 rings (SSSR count). The third-order valence-corrected chi connectivity index (χ3v) is 5.12. The molecule has 0 unspecified atom stereocenters. The lowest BCUT2D eigenvalue weighted by Gasteiger charge is -2.14. The van der Waals surface area contributed by atoms with Crippen LogP contribution in [-0.2, 0) is 4.74 Å². The van der Waals surface area contributed by atoms with Gasteiger partial charge in [0.05, 0.1) is 19.9 Å². The molecular formula is C23H20FN5O5S. The van der Waals surface area contributed by atoms with E-state index < -0.39 is 11.9 Å². The normalized spacial score (nSPS) is 11.7. The Balaban J connectivity index is 2.17. The molecule has 2 aromatic carbocycles. The third-order valence-electron chi connectivity index (χ3n) is 4.45. The summed E-state index contributed by atoms with van der Waals surface area (Å²) < 4.78 is 35.6. The molecule has 10 nitrogen and oxygen atoms in total. The number of aryl methyl sites for hydroxylation is 1. The number of aliphatic imine (C=N–C) groups is 2. The van der Waals surface area contributed by atoms with Crippen molar-refractivity contribution in [3.8, 4) is 29.0 Å². The van der Waals surface area contributed by atoms with Gasteiger partial charge >= 0.3 is 6.09 Å². The second-order valence-electron chi connectivity index (χ2n) is 6.67. The van der Waals surface area contributed by atoms with Crippen molar-refractivity contribution >= 4 is 34.3 Å². The second kappa shape index (κ2) is 11.8. The van der Waals surface area contributed by atoms with Gasteiger partial charge in [0.15, 0.2) is 18.2 Å². The molecule has 0 radical (unpaired) electrons. The zero-order chi connectivity index (χ0) is 25.4. The topological polar surface area (TPSA) is 132 Å². The summed E-state index contributed by atoms with van der Waals surface area (Å²) in [5.74, 6) is 0.0769. The van der Waals surface area contributed by atoms with Gasteiger partial charge in [-0.05, 0) is 36.6 Å². The van der Waals surface area contributed by atoms with E-state index in [1.165, 1.54) is 26.4 Å². The van der Waals surface area contributed by atoms with Crippen molar-refractivity contribution in [2.75, 3.05) is 27.1 Å². The fourth-order valence-corrected chi connectivity index (χ4v) is 3.37. The fraction of sp³-hybridized carbons (Fsp3) is 0.217. The lowest BCUT2D eigenvalue weighted by atomic mass is 10.1. The van der Waals surface area contributed by atoms with E-state index in [0.717, 1.165) is 11.8 Å². The first-order valence-electron chi connectivity index (χ1n) is 9.98. The molecule has 0 aliphatic heterocycles. The number of nitrogens with zero attached hydrogens (tertiary/aromatic N) is 5. The molecule has 0 aliphatic carbocycles. The molecule has 0 fully saturated rings. The van der Waals surface area contributed by atoms with E-state index in [0.29, 0.717) is 23.0 Å². The quantitative estimate of drug-likeness (QED) is 0.335. The van der Waals surface area contributed by atoms with Crippen LogP contribution in [0, 0.1) is 24.1 Å². The zero-order valence-electron chi connectivity index (χ0n) is 19.2. The second-order valence-corrected chi connectivity index (χ2v) is 7.46. The predicted molar refractivity (Wildman–Crippen MR) is 128 cm³/mol. The molecule has 1 heterocycles. The number of methoxy groups -OCH3 is 2. The van der Waals surface area contributed by atoms with Crippen LogP contribution in [-0.4, -0.2) is 54.1 Å². The van der Waals surface area contributed by atoms with Crippen LogP contribution in [0.25, 0.3) is 11.4 Å². The maximum Gasteiger partial charge on any atom is 0.434 e. The van der Waals surface area contributed by atoms with Crippen LogP contribution < -0.4 is 9.47 Å². The zero-order valence-corrected chi connectivity index (χ0v) is 20.1. The van der Waals surface area contributed by atoms with Gasteiger partial charge < -0.3 is 18.7 Å². The highest BCUT2D eigenvalue weighted by Gasteiger charge is 2.22. The Kier molecular flexibility index (Phi) is 8.53. The maximum absolute atomic E-state index is 15.5. The van der Waals surface area contributed by atoms with Crippen molar-refractivity contribution in [3.05, 3.63) is 53.7 Å². The van der Waals surface area contributed by atoms with Crippen molar-refractivity contribution in [3.63, 3.8) is 0 Å². The molecule has 0 N–H and O–H groups in total. The standard InChI is InChI=1S/C23H20FN5O5S/c1-13-26-21(29-34-13)14-5-7-15(8-6-14)27-20(22(35-4)28-23(30)32-3)17-11-16(31-2)12-18(19(17)24)33-10-9-25/h5-8,11-12H,10H2,1-4H3. The number of benzene rings is 2. The molecule has 1 aromatic heterocycles. The summed E-state index contributed by atoms with van der Waals surface area (Å²) in [5, 5.41) is 12.8. The molecule has 0 spiro atoms. The minimum absolute atomic E-state index is 0.0317. The SMILES string of the molecule is COC(=O)N=C(SC)C(=Nc1ccc(-c2noc(C)n2)cc1)c1cc(OC)cc(OCC#N)c1F. The van der Waals surface area contributed by atoms with Gasteiger partial charge in [-0.25, -0.2) is 14.2 Å². The van der Waals surface area contributed by atoms with Crippen LogP contribution in [0.4, 0.5) is 14.9 Å². The first-order chi connectivity index (χ1) is 16.9. The smallest absolute Gasteiger partial charge is 0.434 e. The van der Waals surface area contributed by atoms with Crippen LogP contribution >= 0.6 is 11.8 Å². The van der Waals surface area contributed by atoms with Crippen molar-refractivity contribution in [2.24, 2.45) is 9.98 Å². The van der Waals surface area contributed by atoms with E-state index in [4.69, 9.17) is 19.3 Å². The molecular weight excluding hydrogens is 477 g/mol. The number of ether oxygens (including phenoxy) is 3. The van der Waals surface area contributed by atoms with Gasteiger partial charge in [0.1, 0.15) is 22.6 Å². The summed E-state index contributed by atoms with van der Waals surface area (Å²) in [5.41, 5.74) is 1.10.